The second kappa shape index (κ2) is 8.98. The van der Waals surface area contributed by atoms with Crippen LogP contribution >= 0.6 is 0 Å². The normalized spacial score (nSPS) is 25.9. The number of hydrogen-bond donors (Lipinski definition) is 0. The Kier molecular flexibility index (Phi) is 6.34. The van der Waals surface area contributed by atoms with Crippen molar-refractivity contribution in [3.05, 3.63) is 54.1 Å². The molecule has 4 rings (SSSR count). The Morgan fingerprint density at radius 1 is 1.10 bits per heavy atom. The molecule has 0 spiro atoms. The summed E-state index contributed by atoms with van der Waals surface area (Å²) < 4.78 is 37.7. The summed E-state index contributed by atoms with van der Waals surface area (Å²) in [7, 11) is -3.42. The number of sulfone groups is 1. The third kappa shape index (κ3) is 4.49. The van der Waals surface area contributed by atoms with Crippen molar-refractivity contribution >= 4 is 9.84 Å². The smallest absolute Gasteiger partial charge is 0.188 e. The van der Waals surface area contributed by atoms with E-state index in [0.29, 0.717) is 12.4 Å². The van der Waals surface area contributed by atoms with Gasteiger partial charge in [-0.05, 0) is 68.5 Å². The van der Waals surface area contributed by atoms with Gasteiger partial charge < -0.3 is 14.4 Å². The van der Waals surface area contributed by atoms with Crippen LogP contribution in [0.2, 0.25) is 0 Å². The summed E-state index contributed by atoms with van der Waals surface area (Å²) in [6, 6.07) is 14.5. The van der Waals surface area contributed by atoms with Crippen LogP contribution in [0.15, 0.2) is 53.4 Å². The average molecular weight is 430 g/mol. The van der Waals surface area contributed by atoms with E-state index >= 15 is 0 Å². The summed E-state index contributed by atoms with van der Waals surface area (Å²) in [6.07, 6.45) is 3.12. The van der Waals surface area contributed by atoms with Crippen molar-refractivity contribution in [1.29, 1.82) is 0 Å². The Balaban J connectivity index is 1.34. The van der Waals surface area contributed by atoms with Crippen molar-refractivity contribution in [1.82, 2.24) is 4.90 Å². The molecule has 2 aliphatic rings. The molecule has 0 N–H and O–H groups in total. The molecule has 2 aromatic rings. The molecule has 162 valence electrons. The zero-order chi connectivity index (χ0) is 21.1. The fourth-order valence-corrected chi connectivity index (χ4v) is 6.04. The summed E-state index contributed by atoms with van der Waals surface area (Å²) in [5.41, 5.74) is 0.843. The van der Waals surface area contributed by atoms with Crippen LogP contribution in [0.5, 0.6) is 11.5 Å². The first-order valence-electron chi connectivity index (χ1n) is 10.9. The zero-order valence-electron chi connectivity index (χ0n) is 17.8. The van der Waals surface area contributed by atoms with Crippen molar-refractivity contribution in [2.24, 2.45) is 5.92 Å². The van der Waals surface area contributed by atoms with Gasteiger partial charge in [-0.3, -0.25) is 0 Å². The second-order valence-corrected chi connectivity index (χ2v) is 10.8. The Bertz CT molecular complexity index is 957. The van der Waals surface area contributed by atoms with E-state index < -0.39 is 21.2 Å². The predicted molar refractivity (Wildman–Crippen MR) is 118 cm³/mol. The average Bonchev–Trinajstić information content (AvgIpc) is 2.75. The Hall–Kier alpha value is -2.05. The number of benzene rings is 2. The maximum absolute atomic E-state index is 12.9. The molecular formula is C24H31NO4S. The first kappa shape index (κ1) is 21.2. The summed E-state index contributed by atoms with van der Waals surface area (Å²) in [4.78, 5) is 2.80. The Morgan fingerprint density at radius 2 is 1.87 bits per heavy atom. The van der Waals surface area contributed by atoms with Gasteiger partial charge in [0.05, 0.1) is 6.61 Å². The molecule has 2 aliphatic heterocycles. The van der Waals surface area contributed by atoms with Crippen LogP contribution in [0.1, 0.15) is 44.8 Å². The maximum Gasteiger partial charge on any atom is 0.188 e. The third-order valence-electron chi connectivity index (χ3n) is 6.16. The van der Waals surface area contributed by atoms with E-state index in [-0.39, 0.29) is 4.90 Å². The minimum atomic E-state index is -3.42. The highest BCUT2D eigenvalue weighted by atomic mass is 32.2. The van der Waals surface area contributed by atoms with E-state index in [9.17, 15) is 8.42 Å². The molecule has 30 heavy (non-hydrogen) atoms. The molecule has 1 saturated heterocycles. The molecule has 3 atom stereocenters. The molecule has 2 heterocycles. The standard InChI is InChI=1S/C24H31NO4S/c1-18-7-5-14-25(17-18)15-6-16-28-21-12-10-20(11-13-21)24-19(2)30(26,27)23-9-4-3-8-22(23)29-24/h3-4,8-13,18-19,24H,5-7,14-17H2,1-2H3. The number of ether oxygens (including phenoxy) is 2. The van der Waals surface area contributed by atoms with E-state index in [1.807, 2.05) is 24.3 Å². The minimum Gasteiger partial charge on any atom is -0.494 e. The lowest BCUT2D eigenvalue weighted by atomic mass is 10.0. The summed E-state index contributed by atoms with van der Waals surface area (Å²) in [6.45, 7) is 8.19. The van der Waals surface area contributed by atoms with Gasteiger partial charge in [-0.15, -0.1) is 0 Å². The summed E-state index contributed by atoms with van der Waals surface area (Å²) in [5.74, 6) is 2.03. The van der Waals surface area contributed by atoms with Gasteiger partial charge in [0, 0.05) is 13.1 Å². The molecule has 0 bridgehead atoms. The molecule has 3 unspecified atom stereocenters. The lowest BCUT2D eigenvalue weighted by Crippen LogP contribution is -2.35. The number of para-hydroxylation sites is 1. The number of hydrogen-bond acceptors (Lipinski definition) is 5. The monoisotopic (exact) mass is 429 g/mol. The predicted octanol–water partition coefficient (Wildman–Crippen LogP) is 4.48. The third-order valence-corrected chi connectivity index (χ3v) is 8.34. The molecule has 1 fully saturated rings. The number of nitrogens with zero attached hydrogens (tertiary/aromatic N) is 1. The molecule has 0 radical (unpaired) electrons. The van der Waals surface area contributed by atoms with E-state index in [1.54, 1.807) is 31.2 Å². The SMILES string of the molecule is CC1CCCN(CCCOc2ccc(C3Oc4ccccc4S(=O)(=O)C3C)cc2)C1. The first-order valence-corrected chi connectivity index (χ1v) is 12.4. The highest BCUT2D eigenvalue weighted by molar-refractivity contribution is 7.92. The first-order chi connectivity index (χ1) is 14.4. The molecule has 6 heteroatoms. The second-order valence-electron chi connectivity index (χ2n) is 8.55. The van der Waals surface area contributed by atoms with Gasteiger partial charge in [-0.1, -0.05) is 31.2 Å². The number of likely N-dealkylation sites (tertiary alicyclic amines) is 1. The van der Waals surface area contributed by atoms with E-state index in [1.165, 1.54) is 25.9 Å². The van der Waals surface area contributed by atoms with Gasteiger partial charge in [0.1, 0.15) is 27.7 Å². The van der Waals surface area contributed by atoms with E-state index in [4.69, 9.17) is 9.47 Å². The van der Waals surface area contributed by atoms with Gasteiger partial charge in [-0.25, -0.2) is 8.42 Å². The summed E-state index contributed by atoms with van der Waals surface area (Å²) in [5, 5.41) is -0.647. The van der Waals surface area contributed by atoms with Crippen molar-refractivity contribution in [3.8, 4) is 11.5 Å². The quantitative estimate of drug-likeness (QED) is 0.634. The van der Waals surface area contributed by atoms with Crippen molar-refractivity contribution in [2.45, 2.75) is 49.4 Å². The van der Waals surface area contributed by atoms with Crippen LogP contribution < -0.4 is 9.47 Å². The fraction of sp³-hybridized carbons (Fsp3) is 0.500. The van der Waals surface area contributed by atoms with Crippen LogP contribution in [0.3, 0.4) is 0 Å². The maximum atomic E-state index is 12.9. The van der Waals surface area contributed by atoms with E-state index in [2.05, 4.69) is 11.8 Å². The van der Waals surface area contributed by atoms with Crippen molar-refractivity contribution in [2.75, 3.05) is 26.2 Å². The molecule has 0 aliphatic carbocycles. The van der Waals surface area contributed by atoms with Crippen LogP contribution in [0.4, 0.5) is 0 Å². The van der Waals surface area contributed by atoms with Gasteiger partial charge >= 0.3 is 0 Å². The van der Waals surface area contributed by atoms with Gasteiger partial charge in [0.2, 0.25) is 0 Å². The molecule has 0 aromatic heterocycles. The van der Waals surface area contributed by atoms with Crippen LogP contribution in [0.25, 0.3) is 0 Å². The Labute approximate surface area is 179 Å². The highest BCUT2D eigenvalue weighted by Gasteiger charge is 2.40. The lowest BCUT2D eigenvalue weighted by molar-refractivity contribution is 0.170. The molecular weight excluding hydrogens is 398 g/mol. The highest BCUT2D eigenvalue weighted by Crippen LogP contribution is 2.40. The zero-order valence-corrected chi connectivity index (χ0v) is 18.6. The van der Waals surface area contributed by atoms with Crippen LogP contribution in [-0.2, 0) is 9.84 Å². The minimum absolute atomic E-state index is 0.275. The molecule has 5 nitrogen and oxygen atoms in total. The van der Waals surface area contributed by atoms with E-state index in [0.717, 1.165) is 30.2 Å². The number of piperidine rings is 1. The lowest BCUT2D eigenvalue weighted by Gasteiger charge is -2.31. The van der Waals surface area contributed by atoms with Crippen molar-refractivity contribution in [3.63, 3.8) is 0 Å². The van der Waals surface area contributed by atoms with Gasteiger partial charge in [-0.2, -0.15) is 0 Å². The largest absolute Gasteiger partial charge is 0.494 e. The van der Waals surface area contributed by atoms with Gasteiger partial charge in [0.25, 0.3) is 0 Å². The van der Waals surface area contributed by atoms with Crippen LogP contribution in [0, 0.1) is 5.92 Å². The van der Waals surface area contributed by atoms with Gasteiger partial charge in [0.15, 0.2) is 9.84 Å². The van der Waals surface area contributed by atoms with Crippen molar-refractivity contribution < 1.29 is 17.9 Å². The summed E-state index contributed by atoms with van der Waals surface area (Å²) >= 11 is 0. The van der Waals surface area contributed by atoms with Crippen LogP contribution in [-0.4, -0.2) is 44.8 Å². The fourth-order valence-electron chi connectivity index (χ4n) is 4.44. The number of rotatable bonds is 6. The molecule has 2 aromatic carbocycles. The molecule has 0 amide bonds. The topological polar surface area (TPSA) is 55.8 Å². The number of fused-ring (bicyclic) bond motifs is 1. The Morgan fingerprint density at radius 3 is 2.63 bits per heavy atom. The molecule has 0 saturated carbocycles.